The maximum Gasteiger partial charge on any atom is 0.341 e. The van der Waals surface area contributed by atoms with E-state index in [1.807, 2.05) is 50.2 Å². The van der Waals surface area contributed by atoms with Gasteiger partial charge in [0.1, 0.15) is 5.56 Å². The number of carboxylic acids is 1. The Morgan fingerprint density at radius 3 is 2.31 bits per heavy atom. The van der Waals surface area contributed by atoms with Crippen LogP contribution in [0.1, 0.15) is 62.4 Å². The molecule has 1 fully saturated rings. The van der Waals surface area contributed by atoms with Crippen LogP contribution in [0.15, 0.2) is 48.8 Å². The Kier molecular flexibility index (Phi) is 7.31. The molecule has 4 rings (SSSR count). The summed E-state index contributed by atoms with van der Waals surface area (Å²) >= 11 is 0. The lowest BCUT2D eigenvalue weighted by atomic mass is 9.82. The largest absolute Gasteiger partial charge is 0.477 e. The molecule has 0 radical (unpaired) electrons. The molecule has 8 heteroatoms. The molecular formula is C27H32N4O4. The minimum Gasteiger partial charge on any atom is -0.477 e. The summed E-state index contributed by atoms with van der Waals surface area (Å²) in [5.74, 6) is -0.476. The van der Waals surface area contributed by atoms with Gasteiger partial charge in [-0.3, -0.25) is 14.7 Å². The van der Waals surface area contributed by atoms with E-state index in [0.717, 1.165) is 42.5 Å². The molecule has 0 saturated heterocycles. The monoisotopic (exact) mass is 476 g/mol. The molecule has 2 aromatic heterocycles. The van der Waals surface area contributed by atoms with E-state index in [1.165, 1.54) is 10.9 Å². The van der Waals surface area contributed by atoms with Crippen molar-refractivity contribution in [3.8, 4) is 16.9 Å². The summed E-state index contributed by atoms with van der Waals surface area (Å²) in [5.41, 5.74) is 3.07. The highest BCUT2D eigenvalue weighted by atomic mass is 16.4. The maximum absolute atomic E-state index is 13.5. The molecule has 0 bridgehead atoms. The smallest absolute Gasteiger partial charge is 0.341 e. The highest BCUT2D eigenvalue weighted by Gasteiger charge is 2.34. The Morgan fingerprint density at radius 1 is 1.09 bits per heavy atom. The number of aromatic carboxylic acids is 1. The second kappa shape index (κ2) is 10.4. The van der Waals surface area contributed by atoms with Crippen molar-refractivity contribution in [2.24, 2.45) is 11.8 Å². The number of aliphatic hydroxyl groups excluding tert-OH is 1. The van der Waals surface area contributed by atoms with E-state index in [9.17, 15) is 19.8 Å². The molecule has 1 aliphatic rings. The maximum atomic E-state index is 13.5. The molecule has 1 saturated carbocycles. The standard InChI is InChI=1S/C27H32N4O4/c1-17(2)31(26(33)21-7-4-18(3)5-8-21)25-23(27(34)35)15-30(29-25)22-11-9-20(10-12-22)24-13-6-19(16-32)14-28-24/h6,9-15,17-18,21,32H,4-5,7-8,16H2,1-3H3,(H,34,35). The first-order valence-corrected chi connectivity index (χ1v) is 12.1. The van der Waals surface area contributed by atoms with Crippen LogP contribution in [0.3, 0.4) is 0 Å². The zero-order valence-corrected chi connectivity index (χ0v) is 20.4. The number of aliphatic hydroxyl groups is 1. The number of carboxylic acid groups (broad SMARTS) is 1. The number of pyridine rings is 1. The fourth-order valence-electron chi connectivity index (χ4n) is 4.61. The number of rotatable bonds is 7. The molecular weight excluding hydrogens is 444 g/mol. The highest BCUT2D eigenvalue weighted by Crippen LogP contribution is 2.33. The van der Waals surface area contributed by atoms with E-state index < -0.39 is 5.97 Å². The van der Waals surface area contributed by atoms with E-state index in [4.69, 9.17) is 0 Å². The van der Waals surface area contributed by atoms with E-state index in [1.54, 1.807) is 11.1 Å². The third-order valence-electron chi connectivity index (χ3n) is 6.71. The summed E-state index contributed by atoms with van der Waals surface area (Å²) in [6, 6.07) is 10.9. The average Bonchev–Trinajstić information content (AvgIpc) is 3.29. The molecule has 8 nitrogen and oxygen atoms in total. The van der Waals surface area contributed by atoms with Gasteiger partial charge in [0, 0.05) is 29.9 Å². The van der Waals surface area contributed by atoms with Crippen LogP contribution in [0.5, 0.6) is 0 Å². The van der Waals surface area contributed by atoms with Gasteiger partial charge in [-0.25, -0.2) is 9.48 Å². The first kappa shape index (κ1) is 24.6. The second-order valence-corrected chi connectivity index (χ2v) is 9.63. The Bertz CT molecular complexity index is 1180. The fraction of sp³-hybridized carbons (Fsp3) is 0.407. The van der Waals surface area contributed by atoms with Crippen molar-refractivity contribution in [1.82, 2.24) is 14.8 Å². The van der Waals surface area contributed by atoms with Gasteiger partial charge in [0.25, 0.3) is 0 Å². The van der Waals surface area contributed by atoms with Gasteiger partial charge in [0.2, 0.25) is 5.91 Å². The number of hydrogen-bond donors (Lipinski definition) is 2. The highest BCUT2D eigenvalue weighted by molar-refractivity contribution is 6.01. The molecule has 1 aromatic carbocycles. The molecule has 0 spiro atoms. The van der Waals surface area contributed by atoms with E-state index >= 15 is 0 Å². The third-order valence-corrected chi connectivity index (χ3v) is 6.71. The quantitative estimate of drug-likeness (QED) is 0.512. The summed E-state index contributed by atoms with van der Waals surface area (Å²) in [7, 11) is 0. The average molecular weight is 477 g/mol. The Balaban J connectivity index is 1.64. The molecule has 3 aromatic rings. The van der Waals surface area contributed by atoms with E-state index in [0.29, 0.717) is 11.6 Å². The zero-order chi connectivity index (χ0) is 25.1. The van der Waals surface area contributed by atoms with Gasteiger partial charge < -0.3 is 10.2 Å². The van der Waals surface area contributed by atoms with Gasteiger partial charge in [0.05, 0.1) is 18.0 Å². The van der Waals surface area contributed by atoms with Crippen LogP contribution in [-0.2, 0) is 11.4 Å². The first-order valence-electron chi connectivity index (χ1n) is 12.1. The molecule has 0 unspecified atom stereocenters. The molecule has 184 valence electrons. The van der Waals surface area contributed by atoms with Crippen molar-refractivity contribution in [2.45, 2.75) is 59.1 Å². The van der Waals surface area contributed by atoms with E-state index in [-0.39, 0.29) is 35.9 Å². The molecule has 0 aliphatic heterocycles. The lowest BCUT2D eigenvalue weighted by Crippen LogP contribution is -2.43. The second-order valence-electron chi connectivity index (χ2n) is 9.63. The summed E-state index contributed by atoms with van der Waals surface area (Å²) in [5, 5.41) is 23.7. The van der Waals surface area contributed by atoms with Crippen LogP contribution in [0.4, 0.5) is 5.82 Å². The minimum atomic E-state index is -1.12. The van der Waals surface area contributed by atoms with Crippen LogP contribution in [0.25, 0.3) is 16.9 Å². The van der Waals surface area contributed by atoms with Crippen LogP contribution in [-0.4, -0.2) is 42.9 Å². The van der Waals surface area contributed by atoms with Gasteiger partial charge >= 0.3 is 5.97 Å². The molecule has 1 aliphatic carbocycles. The van der Waals surface area contributed by atoms with Gasteiger partial charge in [0.15, 0.2) is 5.82 Å². The predicted molar refractivity (Wildman–Crippen MR) is 133 cm³/mol. The lowest BCUT2D eigenvalue weighted by Gasteiger charge is -2.32. The SMILES string of the molecule is CC1CCC(C(=O)N(c2nn(-c3ccc(-c4ccc(CO)cn4)cc3)cc2C(=O)O)C(C)C)CC1. The number of nitrogens with zero attached hydrogens (tertiary/aromatic N) is 4. The van der Waals surface area contributed by atoms with Crippen molar-refractivity contribution >= 4 is 17.7 Å². The number of carbonyl (C=O) groups excluding carboxylic acids is 1. The molecule has 35 heavy (non-hydrogen) atoms. The van der Waals surface area contributed by atoms with Crippen molar-refractivity contribution in [3.63, 3.8) is 0 Å². The van der Waals surface area contributed by atoms with Crippen LogP contribution >= 0.6 is 0 Å². The molecule has 2 N–H and O–H groups in total. The van der Waals surface area contributed by atoms with Crippen molar-refractivity contribution in [1.29, 1.82) is 0 Å². The van der Waals surface area contributed by atoms with Crippen LogP contribution in [0.2, 0.25) is 0 Å². The van der Waals surface area contributed by atoms with Gasteiger partial charge in [-0.1, -0.05) is 25.1 Å². The van der Waals surface area contributed by atoms with Gasteiger partial charge in [-0.05, 0) is 69.2 Å². The van der Waals surface area contributed by atoms with Crippen molar-refractivity contribution in [3.05, 3.63) is 59.9 Å². The third kappa shape index (κ3) is 5.27. The summed E-state index contributed by atoms with van der Waals surface area (Å²) < 4.78 is 1.51. The van der Waals surface area contributed by atoms with Gasteiger partial charge in [-0.15, -0.1) is 5.10 Å². The molecule has 2 heterocycles. The molecule has 0 atom stereocenters. The predicted octanol–water partition coefficient (Wildman–Crippen LogP) is 4.69. The number of carbonyl (C=O) groups is 2. The van der Waals surface area contributed by atoms with Crippen molar-refractivity contribution in [2.75, 3.05) is 4.90 Å². The lowest BCUT2D eigenvalue weighted by molar-refractivity contribution is -0.124. The minimum absolute atomic E-state index is 0.00145. The van der Waals surface area contributed by atoms with E-state index in [2.05, 4.69) is 17.0 Å². The van der Waals surface area contributed by atoms with Crippen molar-refractivity contribution < 1.29 is 19.8 Å². The number of aromatic nitrogens is 3. The number of benzene rings is 1. The normalized spacial score (nSPS) is 18.0. The van der Waals surface area contributed by atoms with Crippen LogP contribution < -0.4 is 4.90 Å². The first-order chi connectivity index (χ1) is 16.8. The zero-order valence-electron chi connectivity index (χ0n) is 20.4. The Labute approximate surface area is 205 Å². The Hall–Kier alpha value is -3.52. The molecule has 1 amide bonds. The number of hydrogen-bond acceptors (Lipinski definition) is 5. The van der Waals surface area contributed by atoms with Crippen LogP contribution in [0, 0.1) is 11.8 Å². The summed E-state index contributed by atoms with van der Waals surface area (Å²) in [6.45, 7) is 5.92. The van der Waals surface area contributed by atoms with Gasteiger partial charge in [-0.2, -0.15) is 0 Å². The number of anilines is 1. The topological polar surface area (TPSA) is 109 Å². The Morgan fingerprint density at radius 2 is 1.77 bits per heavy atom. The summed E-state index contributed by atoms with van der Waals surface area (Å²) in [6.07, 6.45) is 6.75. The fourth-order valence-corrected chi connectivity index (χ4v) is 4.61. The number of amides is 1. The summed E-state index contributed by atoms with van der Waals surface area (Å²) in [4.78, 5) is 31.5.